The Labute approximate surface area is 158 Å². The second kappa shape index (κ2) is 8.59. The maximum Gasteiger partial charge on any atom is 0.243 e. The van der Waals surface area contributed by atoms with Crippen LogP contribution in [0, 0.1) is 13.8 Å². The lowest BCUT2D eigenvalue weighted by Crippen LogP contribution is -2.22. The van der Waals surface area contributed by atoms with Crippen LogP contribution in [-0.4, -0.2) is 12.5 Å². The number of carbonyl (C=O) groups is 1. The molecule has 3 aromatic rings. The Balaban J connectivity index is 1.65. The number of nitrogens with one attached hydrogen (secondary N) is 2. The van der Waals surface area contributed by atoms with Crippen molar-refractivity contribution in [1.82, 2.24) is 0 Å². The van der Waals surface area contributed by atoms with Crippen molar-refractivity contribution in [3.05, 3.63) is 83.9 Å². The van der Waals surface area contributed by atoms with E-state index in [0.29, 0.717) is 0 Å². The molecule has 0 radical (unpaired) electrons. The molecule has 3 aromatic carbocycles. The van der Waals surface area contributed by atoms with Gasteiger partial charge in [0.2, 0.25) is 5.91 Å². The molecule has 0 heterocycles. The predicted molar refractivity (Wildman–Crippen MR) is 110 cm³/mol. The highest BCUT2D eigenvalue weighted by Gasteiger charge is 2.09. The Kier molecular flexibility index (Phi) is 5.97. The SMILES string of the molecule is Cc1cccc(C)c1NC(=O)CNc1ccccc1Sc1ccccc1. The van der Waals surface area contributed by atoms with E-state index in [9.17, 15) is 4.79 Å². The molecular formula is C22H22N2OS. The first-order valence-electron chi connectivity index (χ1n) is 8.55. The van der Waals surface area contributed by atoms with E-state index in [1.165, 1.54) is 4.90 Å². The minimum Gasteiger partial charge on any atom is -0.375 e. The molecule has 0 atom stereocenters. The molecule has 0 saturated carbocycles. The monoisotopic (exact) mass is 362 g/mol. The summed E-state index contributed by atoms with van der Waals surface area (Å²) in [4.78, 5) is 14.6. The molecule has 0 fully saturated rings. The average molecular weight is 362 g/mol. The van der Waals surface area contributed by atoms with Crippen LogP contribution in [0.3, 0.4) is 0 Å². The number of hydrogen-bond donors (Lipinski definition) is 2. The van der Waals surface area contributed by atoms with Gasteiger partial charge in [0.15, 0.2) is 0 Å². The van der Waals surface area contributed by atoms with E-state index in [1.54, 1.807) is 11.8 Å². The van der Waals surface area contributed by atoms with Gasteiger partial charge in [0.05, 0.1) is 6.54 Å². The van der Waals surface area contributed by atoms with Crippen molar-refractivity contribution in [3.8, 4) is 0 Å². The lowest BCUT2D eigenvalue weighted by atomic mass is 10.1. The van der Waals surface area contributed by atoms with Crippen molar-refractivity contribution in [3.63, 3.8) is 0 Å². The first-order valence-corrected chi connectivity index (χ1v) is 9.37. The first-order chi connectivity index (χ1) is 12.6. The molecule has 0 bridgehead atoms. The zero-order valence-corrected chi connectivity index (χ0v) is 15.8. The topological polar surface area (TPSA) is 41.1 Å². The summed E-state index contributed by atoms with van der Waals surface area (Å²) in [5.41, 5.74) is 3.99. The van der Waals surface area contributed by atoms with Gasteiger partial charge >= 0.3 is 0 Å². The van der Waals surface area contributed by atoms with Gasteiger partial charge in [0, 0.05) is 21.2 Å². The Bertz CT molecular complexity index is 873. The van der Waals surface area contributed by atoms with Crippen molar-refractivity contribution in [1.29, 1.82) is 0 Å². The number of para-hydroxylation sites is 2. The highest BCUT2D eigenvalue weighted by Crippen LogP contribution is 2.33. The predicted octanol–water partition coefficient (Wildman–Crippen LogP) is 5.51. The molecule has 0 unspecified atom stereocenters. The summed E-state index contributed by atoms with van der Waals surface area (Å²) in [6.45, 7) is 4.23. The summed E-state index contributed by atoms with van der Waals surface area (Å²) >= 11 is 1.68. The Morgan fingerprint density at radius 3 is 2.23 bits per heavy atom. The van der Waals surface area contributed by atoms with Gasteiger partial charge in [-0.1, -0.05) is 60.3 Å². The van der Waals surface area contributed by atoms with Gasteiger partial charge in [-0.3, -0.25) is 4.79 Å². The molecule has 2 N–H and O–H groups in total. The van der Waals surface area contributed by atoms with Crippen LogP contribution in [0.5, 0.6) is 0 Å². The second-order valence-corrected chi connectivity index (χ2v) is 7.20. The Morgan fingerprint density at radius 2 is 1.50 bits per heavy atom. The number of anilines is 2. The van der Waals surface area contributed by atoms with Gasteiger partial charge in [-0.2, -0.15) is 0 Å². The zero-order valence-electron chi connectivity index (χ0n) is 15.0. The molecule has 3 rings (SSSR count). The number of carbonyl (C=O) groups excluding carboxylic acids is 1. The molecule has 0 spiro atoms. The van der Waals surface area contributed by atoms with Gasteiger partial charge in [-0.05, 0) is 49.2 Å². The summed E-state index contributed by atoms with van der Waals surface area (Å²) in [6, 6.07) is 24.2. The fraction of sp³-hybridized carbons (Fsp3) is 0.136. The van der Waals surface area contributed by atoms with Gasteiger partial charge in [-0.15, -0.1) is 0 Å². The molecule has 3 nitrogen and oxygen atoms in total. The molecule has 0 saturated heterocycles. The normalized spacial score (nSPS) is 10.4. The number of aryl methyl sites for hydroxylation is 2. The minimum absolute atomic E-state index is 0.0538. The molecular weight excluding hydrogens is 340 g/mol. The smallest absolute Gasteiger partial charge is 0.243 e. The van der Waals surface area contributed by atoms with Gasteiger partial charge in [-0.25, -0.2) is 0 Å². The third-order valence-electron chi connectivity index (χ3n) is 4.04. The van der Waals surface area contributed by atoms with Crippen molar-refractivity contribution < 1.29 is 4.79 Å². The summed E-state index contributed by atoms with van der Waals surface area (Å²) in [5, 5.41) is 6.27. The molecule has 1 amide bonds. The van der Waals surface area contributed by atoms with Crippen LogP contribution in [0.25, 0.3) is 0 Å². The maximum absolute atomic E-state index is 12.4. The van der Waals surface area contributed by atoms with Crippen molar-refractivity contribution in [2.75, 3.05) is 17.2 Å². The number of benzene rings is 3. The van der Waals surface area contributed by atoms with E-state index in [0.717, 1.165) is 27.4 Å². The number of hydrogen-bond acceptors (Lipinski definition) is 3. The van der Waals surface area contributed by atoms with Gasteiger partial charge < -0.3 is 10.6 Å². The molecule has 0 aromatic heterocycles. The van der Waals surface area contributed by atoms with Crippen LogP contribution in [0.1, 0.15) is 11.1 Å². The average Bonchev–Trinajstić information content (AvgIpc) is 2.65. The van der Waals surface area contributed by atoms with E-state index < -0.39 is 0 Å². The summed E-state index contributed by atoms with van der Waals surface area (Å²) in [7, 11) is 0. The summed E-state index contributed by atoms with van der Waals surface area (Å²) in [6.07, 6.45) is 0. The van der Waals surface area contributed by atoms with Crippen LogP contribution < -0.4 is 10.6 Å². The van der Waals surface area contributed by atoms with E-state index in [2.05, 4.69) is 28.8 Å². The first kappa shape index (κ1) is 18.1. The number of rotatable bonds is 6. The van der Waals surface area contributed by atoms with Crippen LogP contribution in [0.15, 0.2) is 82.6 Å². The zero-order chi connectivity index (χ0) is 18.4. The Morgan fingerprint density at radius 1 is 0.846 bits per heavy atom. The van der Waals surface area contributed by atoms with E-state index in [1.807, 2.05) is 68.4 Å². The molecule has 132 valence electrons. The third-order valence-corrected chi connectivity index (χ3v) is 5.13. The van der Waals surface area contributed by atoms with Crippen LogP contribution in [0.4, 0.5) is 11.4 Å². The maximum atomic E-state index is 12.4. The van der Waals surface area contributed by atoms with E-state index in [-0.39, 0.29) is 12.5 Å². The largest absolute Gasteiger partial charge is 0.375 e. The molecule has 4 heteroatoms. The lowest BCUT2D eigenvalue weighted by molar-refractivity contribution is -0.114. The fourth-order valence-corrected chi connectivity index (χ4v) is 3.63. The van der Waals surface area contributed by atoms with Crippen molar-refractivity contribution in [2.24, 2.45) is 0 Å². The quantitative estimate of drug-likeness (QED) is 0.608. The highest BCUT2D eigenvalue weighted by atomic mass is 32.2. The van der Waals surface area contributed by atoms with Gasteiger partial charge in [0.1, 0.15) is 0 Å². The summed E-state index contributed by atoms with van der Waals surface area (Å²) < 4.78 is 0. The fourth-order valence-electron chi connectivity index (χ4n) is 2.69. The van der Waals surface area contributed by atoms with Crippen LogP contribution in [-0.2, 0) is 4.79 Å². The van der Waals surface area contributed by atoms with Crippen molar-refractivity contribution in [2.45, 2.75) is 23.6 Å². The third kappa shape index (κ3) is 4.67. The summed E-state index contributed by atoms with van der Waals surface area (Å²) in [5.74, 6) is -0.0538. The molecule has 0 aliphatic carbocycles. The highest BCUT2D eigenvalue weighted by molar-refractivity contribution is 7.99. The minimum atomic E-state index is -0.0538. The molecule has 0 aliphatic heterocycles. The van der Waals surface area contributed by atoms with E-state index >= 15 is 0 Å². The van der Waals surface area contributed by atoms with Crippen LogP contribution >= 0.6 is 11.8 Å². The standard InChI is InChI=1S/C22H22N2OS/c1-16-9-8-10-17(2)22(16)24-21(25)15-23-19-13-6-7-14-20(19)26-18-11-4-3-5-12-18/h3-14,23H,15H2,1-2H3,(H,24,25). The Hall–Kier alpha value is -2.72. The van der Waals surface area contributed by atoms with Crippen molar-refractivity contribution >= 4 is 29.0 Å². The molecule has 0 aliphatic rings. The molecule has 26 heavy (non-hydrogen) atoms. The van der Waals surface area contributed by atoms with E-state index in [4.69, 9.17) is 0 Å². The van der Waals surface area contributed by atoms with Gasteiger partial charge in [0.25, 0.3) is 0 Å². The second-order valence-electron chi connectivity index (χ2n) is 6.08. The van der Waals surface area contributed by atoms with Crippen LogP contribution in [0.2, 0.25) is 0 Å². The number of amides is 1. The lowest BCUT2D eigenvalue weighted by Gasteiger charge is -2.14.